The second kappa shape index (κ2) is 13.2. The first-order chi connectivity index (χ1) is 23.8. The Bertz CT molecular complexity index is 1940. The van der Waals surface area contributed by atoms with Crippen molar-refractivity contribution in [2.45, 2.75) is 82.8 Å². The first-order valence-electron chi connectivity index (χ1n) is 17.1. The second-order valence-corrected chi connectivity index (χ2v) is 18.6. The van der Waals surface area contributed by atoms with Crippen LogP contribution in [0.2, 0.25) is 0 Å². The third-order valence-electron chi connectivity index (χ3n) is 10.8. The highest BCUT2D eigenvalue weighted by Gasteiger charge is 2.54. The first kappa shape index (κ1) is 35.5. The van der Waals surface area contributed by atoms with Crippen LogP contribution in [-0.2, 0) is 30.1 Å². The number of nitrogens with one attached hydrogen (secondary N) is 1. The molecule has 3 aromatic carbocycles. The highest BCUT2D eigenvalue weighted by Crippen LogP contribution is 2.47. The summed E-state index contributed by atoms with van der Waals surface area (Å²) in [7, 11) is -7.56. The van der Waals surface area contributed by atoms with Gasteiger partial charge in [0.1, 0.15) is 24.3 Å². The Morgan fingerprint density at radius 1 is 0.960 bits per heavy atom. The van der Waals surface area contributed by atoms with E-state index in [-0.39, 0.29) is 53.2 Å². The van der Waals surface area contributed by atoms with Gasteiger partial charge in [0.15, 0.2) is 9.84 Å². The standard InChI is InChI=1S/C36H44FN3O8S2/c37-33-9-8-31(19-32(33)25-4-6-26(7-5-25)36(38)12-13-36)50(45,46)40-16-14-34(15-17-40)20-27(22-48-34)39-21-28(42)23-47-29-2-1-3-30(18-29)49(43,44)35(24-41)10-11-35/h1-9,18-19,27-28,39,41-42H,10-17,20-24,38H2/t27-,28+/m1/s1. The van der Waals surface area contributed by atoms with Crippen LogP contribution in [0.4, 0.5) is 4.39 Å². The smallest absolute Gasteiger partial charge is 0.243 e. The molecular weight excluding hydrogens is 686 g/mol. The summed E-state index contributed by atoms with van der Waals surface area (Å²) in [5.41, 5.74) is 7.29. The third kappa shape index (κ3) is 6.84. The van der Waals surface area contributed by atoms with Gasteiger partial charge in [0, 0.05) is 36.8 Å². The minimum absolute atomic E-state index is 0.0415. The number of benzene rings is 3. The summed E-state index contributed by atoms with van der Waals surface area (Å²) < 4.78 is 80.3. The van der Waals surface area contributed by atoms with Crippen LogP contribution in [0.15, 0.2) is 76.5 Å². The molecule has 0 aromatic heterocycles. The zero-order chi connectivity index (χ0) is 35.4. The molecule has 2 aliphatic carbocycles. The minimum atomic E-state index is -3.87. The van der Waals surface area contributed by atoms with Crippen LogP contribution in [0, 0.1) is 5.82 Å². The Labute approximate surface area is 292 Å². The Morgan fingerprint density at radius 2 is 1.68 bits per heavy atom. The fourth-order valence-electron chi connectivity index (χ4n) is 7.08. The van der Waals surface area contributed by atoms with Crippen molar-refractivity contribution in [1.82, 2.24) is 9.62 Å². The molecule has 2 saturated carbocycles. The Kier molecular flexibility index (Phi) is 9.38. The van der Waals surface area contributed by atoms with E-state index in [9.17, 15) is 31.4 Å². The number of sulfonamides is 1. The normalized spacial score (nSPS) is 23.1. The van der Waals surface area contributed by atoms with Crippen LogP contribution < -0.4 is 15.8 Å². The highest BCUT2D eigenvalue weighted by atomic mass is 32.2. The van der Waals surface area contributed by atoms with Crippen molar-refractivity contribution in [1.29, 1.82) is 0 Å². The first-order valence-corrected chi connectivity index (χ1v) is 20.0. The van der Waals surface area contributed by atoms with Crippen LogP contribution >= 0.6 is 0 Å². The van der Waals surface area contributed by atoms with Crippen molar-refractivity contribution in [2.24, 2.45) is 5.73 Å². The number of hydrogen-bond acceptors (Lipinski definition) is 10. The molecule has 50 heavy (non-hydrogen) atoms. The molecule has 2 saturated heterocycles. The van der Waals surface area contributed by atoms with Crippen molar-refractivity contribution in [3.63, 3.8) is 0 Å². The van der Waals surface area contributed by atoms with Crippen LogP contribution in [0.1, 0.15) is 50.5 Å². The van der Waals surface area contributed by atoms with Gasteiger partial charge < -0.3 is 30.7 Å². The number of aliphatic hydroxyl groups is 2. The maximum atomic E-state index is 14.9. The van der Waals surface area contributed by atoms with E-state index in [0.717, 1.165) is 18.4 Å². The largest absolute Gasteiger partial charge is 0.491 e. The average Bonchev–Trinajstić information content (AvgIpc) is 4.05. The van der Waals surface area contributed by atoms with Gasteiger partial charge >= 0.3 is 0 Å². The molecule has 0 unspecified atom stereocenters. The predicted molar refractivity (Wildman–Crippen MR) is 184 cm³/mol. The molecule has 7 rings (SSSR count). The van der Waals surface area contributed by atoms with Crippen molar-refractivity contribution >= 4 is 19.9 Å². The quantitative estimate of drug-likeness (QED) is 0.205. The number of hydrogen-bond donors (Lipinski definition) is 4. The number of rotatable bonds is 13. The van der Waals surface area contributed by atoms with E-state index in [1.165, 1.54) is 34.6 Å². The summed E-state index contributed by atoms with van der Waals surface area (Å²) in [6.45, 7) is 0.687. The summed E-state index contributed by atoms with van der Waals surface area (Å²) in [4.78, 5) is 0.128. The van der Waals surface area contributed by atoms with E-state index in [1.807, 2.05) is 12.1 Å². The second-order valence-electron chi connectivity index (χ2n) is 14.4. The molecule has 270 valence electrons. The van der Waals surface area contributed by atoms with Gasteiger partial charge in [0.25, 0.3) is 0 Å². The van der Waals surface area contributed by atoms with Crippen LogP contribution in [-0.4, -0.2) is 93.3 Å². The molecule has 2 atom stereocenters. The van der Waals surface area contributed by atoms with E-state index >= 15 is 0 Å². The predicted octanol–water partition coefficient (Wildman–Crippen LogP) is 3.08. The molecule has 0 bridgehead atoms. The van der Waals surface area contributed by atoms with Crippen LogP contribution in [0.3, 0.4) is 0 Å². The fourth-order valence-corrected chi connectivity index (χ4v) is 10.4. The monoisotopic (exact) mass is 729 g/mol. The Hall–Kier alpha value is -2.95. The number of piperidine rings is 1. The summed E-state index contributed by atoms with van der Waals surface area (Å²) in [5, 5.41) is 23.5. The average molecular weight is 730 g/mol. The lowest BCUT2D eigenvalue weighted by molar-refractivity contribution is -0.0312. The number of aliphatic hydroxyl groups excluding tert-OH is 2. The molecular formula is C36H44FN3O8S2. The van der Waals surface area contributed by atoms with Gasteiger partial charge in [-0.3, -0.25) is 0 Å². The van der Waals surface area contributed by atoms with Crippen molar-refractivity contribution in [3.8, 4) is 16.9 Å². The molecule has 4 fully saturated rings. The fraction of sp³-hybridized carbons (Fsp3) is 0.500. The maximum Gasteiger partial charge on any atom is 0.243 e. The van der Waals surface area contributed by atoms with E-state index in [2.05, 4.69) is 5.32 Å². The number of nitrogens with zero attached hydrogens (tertiary/aromatic N) is 1. The number of halogens is 1. The molecule has 0 radical (unpaired) electrons. The van der Waals surface area contributed by atoms with E-state index in [0.29, 0.717) is 50.0 Å². The number of ether oxygens (including phenoxy) is 2. The van der Waals surface area contributed by atoms with Gasteiger partial charge in [-0.2, -0.15) is 4.31 Å². The zero-order valence-electron chi connectivity index (χ0n) is 27.8. The van der Waals surface area contributed by atoms with E-state index in [4.69, 9.17) is 15.2 Å². The molecule has 11 nitrogen and oxygen atoms in total. The summed E-state index contributed by atoms with van der Waals surface area (Å²) in [6.07, 6.45) is 3.46. The molecule has 2 aliphatic heterocycles. The Balaban J connectivity index is 0.897. The SMILES string of the molecule is NC1(c2ccc(-c3cc(S(=O)(=O)N4CCC5(CC4)C[C@@H](NC[C@H](O)COc4cccc(S(=O)(=O)C6(CO)CC6)c4)CO5)ccc3F)cc2)CC1. The molecule has 2 heterocycles. The van der Waals surface area contributed by atoms with Gasteiger partial charge in [-0.1, -0.05) is 30.3 Å². The molecule has 4 aliphatic rings. The van der Waals surface area contributed by atoms with Crippen LogP contribution in [0.25, 0.3) is 11.1 Å². The Morgan fingerprint density at radius 3 is 2.34 bits per heavy atom. The lowest BCUT2D eigenvalue weighted by atomic mass is 9.88. The molecule has 1 spiro atoms. The molecule has 5 N–H and O–H groups in total. The van der Waals surface area contributed by atoms with E-state index < -0.39 is 48.7 Å². The van der Waals surface area contributed by atoms with Gasteiger partial charge in [0.05, 0.1) is 33.4 Å². The lowest BCUT2D eigenvalue weighted by Gasteiger charge is -2.38. The third-order valence-corrected chi connectivity index (χ3v) is 15.3. The van der Waals surface area contributed by atoms with Gasteiger partial charge in [-0.15, -0.1) is 0 Å². The topological polar surface area (TPSA) is 168 Å². The van der Waals surface area contributed by atoms with Crippen molar-refractivity contribution in [2.75, 3.05) is 39.5 Å². The van der Waals surface area contributed by atoms with Gasteiger partial charge in [-0.05, 0) is 92.5 Å². The molecule has 3 aromatic rings. The minimum Gasteiger partial charge on any atom is -0.491 e. The van der Waals surface area contributed by atoms with Crippen molar-refractivity contribution in [3.05, 3.63) is 78.1 Å². The van der Waals surface area contributed by atoms with E-state index in [1.54, 1.807) is 24.3 Å². The van der Waals surface area contributed by atoms with Crippen molar-refractivity contribution < 1.29 is 40.9 Å². The van der Waals surface area contributed by atoms with Gasteiger partial charge in [0.2, 0.25) is 10.0 Å². The number of sulfone groups is 1. The summed E-state index contributed by atoms with van der Waals surface area (Å²) in [6, 6.07) is 17.3. The van der Waals surface area contributed by atoms with Crippen LogP contribution in [0.5, 0.6) is 5.75 Å². The summed E-state index contributed by atoms with van der Waals surface area (Å²) >= 11 is 0. The molecule has 14 heteroatoms. The highest BCUT2D eigenvalue weighted by molar-refractivity contribution is 7.93. The lowest BCUT2D eigenvalue weighted by Crippen LogP contribution is -2.47. The zero-order valence-corrected chi connectivity index (χ0v) is 29.4. The summed E-state index contributed by atoms with van der Waals surface area (Å²) in [5.74, 6) is -0.184. The molecule has 0 amide bonds. The van der Waals surface area contributed by atoms with Gasteiger partial charge in [-0.25, -0.2) is 21.2 Å². The number of nitrogens with two attached hydrogens (primary N) is 1. The maximum absolute atomic E-state index is 14.9.